The molecule has 1 heterocycles. The number of hydrogen-bond donors (Lipinski definition) is 1. The summed E-state index contributed by atoms with van der Waals surface area (Å²) in [5.74, 6) is -0.577. The molecule has 0 spiro atoms. The first-order valence-electron chi connectivity index (χ1n) is 9.10. The fourth-order valence-corrected chi connectivity index (χ4v) is 3.09. The van der Waals surface area contributed by atoms with Crippen LogP contribution < -0.4 is 5.32 Å². The van der Waals surface area contributed by atoms with Gasteiger partial charge in [-0.15, -0.1) is 0 Å². The van der Waals surface area contributed by atoms with E-state index in [0.29, 0.717) is 23.4 Å². The normalized spacial score (nSPS) is 10.4. The second-order valence-corrected chi connectivity index (χ2v) is 6.44. The predicted molar refractivity (Wildman–Crippen MR) is 109 cm³/mol. The highest BCUT2D eigenvalue weighted by molar-refractivity contribution is 6.10. The number of benzene rings is 2. The van der Waals surface area contributed by atoms with Crippen LogP contribution in [0.5, 0.6) is 0 Å². The molecule has 28 heavy (non-hydrogen) atoms. The van der Waals surface area contributed by atoms with Gasteiger partial charge in [-0.2, -0.15) is 0 Å². The highest BCUT2D eigenvalue weighted by Crippen LogP contribution is 2.30. The van der Waals surface area contributed by atoms with Gasteiger partial charge in [0.1, 0.15) is 0 Å². The largest absolute Gasteiger partial charge is 0.462 e. The summed E-state index contributed by atoms with van der Waals surface area (Å²) in [4.78, 5) is 28.9. The van der Waals surface area contributed by atoms with E-state index < -0.39 is 0 Å². The van der Waals surface area contributed by atoms with Crippen LogP contribution in [0.3, 0.4) is 0 Å². The fourth-order valence-electron chi connectivity index (χ4n) is 3.09. The molecule has 0 aliphatic rings. The number of nitrogens with one attached hydrogen (secondary N) is 1. The predicted octanol–water partition coefficient (Wildman–Crippen LogP) is 4.79. The van der Waals surface area contributed by atoms with Crippen LogP contribution in [0, 0.1) is 13.8 Å². The molecule has 3 aromatic rings. The number of carbonyl (C=O) groups excluding carboxylic acids is 2. The quantitative estimate of drug-likeness (QED) is 0.652. The van der Waals surface area contributed by atoms with E-state index in [9.17, 15) is 9.59 Å². The molecule has 0 fully saturated rings. The third-order valence-electron chi connectivity index (χ3n) is 4.47. The zero-order chi connectivity index (χ0) is 20.1. The average Bonchev–Trinajstić information content (AvgIpc) is 2.70. The van der Waals surface area contributed by atoms with E-state index in [2.05, 4.69) is 10.3 Å². The molecule has 0 bridgehead atoms. The van der Waals surface area contributed by atoms with Crippen LogP contribution >= 0.6 is 0 Å². The molecule has 3 rings (SSSR count). The Morgan fingerprint density at radius 2 is 1.57 bits per heavy atom. The van der Waals surface area contributed by atoms with Crippen LogP contribution in [0.1, 0.15) is 38.8 Å². The van der Waals surface area contributed by atoms with Crippen LogP contribution in [0.25, 0.3) is 11.1 Å². The topological polar surface area (TPSA) is 68.3 Å². The summed E-state index contributed by atoms with van der Waals surface area (Å²) in [6, 6.07) is 14.4. The van der Waals surface area contributed by atoms with E-state index in [1.807, 2.05) is 38.1 Å². The lowest BCUT2D eigenvalue weighted by Gasteiger charge is -2.16. The first-order valence-corrected chi connectivity index (χ1v) is 9.10. The molecule has 5 heteroatoms. The maximum Gasteiger partial charge on any atom is 0.338 e. The average molecular weight is 374 g/mol. The standard InChI is InChI=1S/C23H22N2O3/c1-4-28-23(27)18-7-9-19(10-8-18)25-22(26)21-16(3)6-5-15(2)20(21)17-11-13-24-14-12-17/h5-14H,4H2,1-3H3,(H,25,26). The molecule has 0 radical (unpaired) electrons. The maximum atomic E-state index is 13.1. The molecule has 0 saturated carbocycles. The number of carbonyl (C=O) groups is 2. The van der Waals surface area contributed by atoms with Crippen molar-refractivity contribution in [3.63, 3.8) is 0 Å². The number of anilines is 1. The smallest absolute Gasteiger partial charge is 0.338 e. The SMILES string of the molecule is CCOC(=O)c1ccc(NC(=O)c2c(C)ccc(C)c2-c2ccncc2)cc1. The lowest BCUT2D eigenvalue weighted by Crippen LogP contribution is -2.15. The lowest BCUT2D eigenvalue weighted by atomic mass is 9.92. The van der Waals surface area contributed by atoms with Gasteiger partial charge in [0, 0.05) is 18.1 Å². The van der Waals surface area contributed by atoms with Crippen molar-refractivity contribution in [2.45, 2.75) is 20.8 Å². The number of aromatic nitrogens is 1. The summed E-state index contributed by atoms with van der Waals surface area (Å²) >= 11 is 0. The van der Waals surface area contributed by atoms with E-state index in [-0.39, 0.29) is 11.9 Å². The van der Waals surface area contributed by atoms with Gasteiger partial charge >= 0.3 is 5.97 Å². The Hall–Kier alpha value is -3.47. The van der Waals surface area contributed by atoms with Gasteiger partial charge in [-0.25, -0.2) is 4.79 Å². The fraction of sp³-hybridized carbons (Fsp3) is 0.174. The molecule has 5 nitrogen and oxygen atoms in total. The molecule has 0 aliphatic carbocycles. The Bertz CT molecular complexity index is 996. The van der Waals surface area contributed by atoms with Gasteiger partial charge < -0.3 is 10.1 Å². The number of esters is 1. The second kappa shape index (κ2) is 8.48. The third-order valence-corrected chi connectivity index (χ3v) is 4.47. The molecule has 0 saturated heterocycles. The molecule has 0 aliphatic heterocycles. The summed E-state index contributed by atoms with van der Waals surface area (Å²) in [5.41, 5.74) is 5.42. The summed E-state index contributed by atoms with van der Waals surface area (Å²) in [6.07, 6.45) is 3.43. The van der Waals surface area contributed by atoms with Gasteiger partial charge in [-0.1, -0.05) is 12.1 Å². The van der Waals surface area contributed by atoms with Gasteiger partial charge in [-0.3, -0.25) is 9.78 Å². The number of nitrogens with zero attached hydrogens (tertiary/aromatic N) is 1. The van der Waals surface area contributed by atoms with Crippen LogP contribution in [-0.2, 0) is 4.74 Å². The minimum atomic E-state index is -0.380. The van der Waals surface area contributed by atoms with Gasteiger partial charge in [-0.05, 0) is 79.4 Å². The highest BCUT2D eigenvalue weighted by Gasteiger charge is 2.18. The number of amides is 1. The summed E-state index contributed by atoms with van der Waals surface area (Å²) in [7, 11) is 0. The van der Waals surface area contributed by atoms with Crippen molar-refractivity contribution in [3.8, 4) is 11.1 Å². The summed E-state index contributed by atoms with van der Waals surface area (Å²) in [6.45, 7) is 5.99. The van der Waals surface area contributed by atoms with Crippen LogP contribution in [0.15, 0.2) is 60.9 Å². The highest BCUT2D eigenvalue weighted by atomic mass is 16.5. The van der Waals surface area contributed by atoms with Crippen molar-refractivity contribution >= 4 is 17.6 Å². The zero-order valence-corrected chi connectivity index (χ0v) is 16.2. The molecule has 0 atom stereocenters. The maximum absolute atomic E-state index is 13.1. The molecule has 1 N–H and O–H groups in total. The van der Waals surface area contributed by atoms with Gasteiger partial charge in [0.2, 0.25) is 0 Å². The van der Waals surface area contributed by atoms with Crippen molar-refractivity contribution in [2.75, 3.05) is 11.9 Å². The molecular weight excluding hydrogens is 352 g/mol. The number of hydrogen-bond acceptors (Lipinski definition) is 4. The lowest BCUT2D eigenvalue weighted by molar-refractivity contribution is 0.0526. The van der Waals surface area contributed by atoms with Gasteiger partial charge in [0.25, 0.3) is 5.91 Å². The van der Waals surface area contributed by atoms with Crippen molar-refractivity contribution in [1.29, 1.82) is 0 Å². The summed E-state index contributed by atoms with van der Waals surface area (Å²) in [5, 5.41) is 2.93. The Morgan fingerprint density at radius 3 is 2.21 bits per heavy atom. The van der Waals surface area contributed by atoms with E-state index in [1.54, 1.807) is 43.6 Å². The minimum Gasteiger partial charge on any atom is -0.462 e. The number of pyridine rings is 1. The molecule has 0 unspecified atom stereocenters. The number of ether oxygens (including phenoxy) is 1. The van der Waals surface area contributed by atoms with E-state index >= 15 is 0 Å². The van der Waals surface area contributed by atoms with Crippen LogP contribution in [0.2, 0.25) is 0 Å². The monoisotopic (exact) mass is 374 g/mol. The van der Waals surface area contributed by atoms with Gasteiger partial charge in [0.05, 0.1) is 17.7 Å². The Kier molecular flexibility index (Phi) is 5.84. The van der Waals surface area contributed by atoms with Crippen molar-refractivity contribution < 1.29 is 14.3 Å². The first kappa shape index (κ1) is 19.3. The first-order chi connectivity index (χ1) is 13.5. The summed E-state index contributed by atoms with van der Waals surface area (Å²) < 4.78 is 4.98. The molecule has 1 aromatic heterocycles. The van der Waals surface area contributed by atoms with Crippen molar-refractivity contribution in [3.05, 3.63) is 83.2 Å². The van der Waals surface area contributed by atoms with Crippen molar-refractivity contribution in [1.82, 2.24) is 4.98 Å². The van der Waals surface area contributed by atoms with E-state index in [1.165, 1.54) is 0 Å². The minimum absolute atomic E-state index is 0.197. The number of aryl methyl sites for hydroxylation is 2. The van der Waals surface area contributed by atoms with E-state index in [0.717, 1.165) is 22.3 Å². The van der Waals surface area contributed by atoms with Crippen molar-refractivity contribution in [2.24, 2.45) is 0 Å². The Balaban J connectivity index is 1.91. The third kappa shape index (κ3) is 4.09. The molecule has 1 amide bonds. The molecule has 142 valence electrons. The van der Waals surface area contributed by atoms with Crippen LogP contribution in [-0.4, -0.2) is 23.5 Å². The molecular formula is C23H22N2O3. The Morgan fingerprint density at radius 1 is 0.929 bits per heavy atom. The Labute approximate surface area is 164 Å². The zero-order valence-electron chi connectivity index (χ0n) is 16.2. The number of rotatable bonds is 5. The van der Waals surface area contributed by atoms with Gasteiger partial charge in [0.15, 0.2) is 0 Å². The van der Waals surface area contributed by atoms with E-state index in [4.69, 9.17) is 4.74 Å². The van der Waals surface area contributed by atoms with Crippen LogP contribution in [0.4, 0.5) is 5.69 Å². The second-order valence-electron chi connectivity index (χ2n) is 6.44. The molecule has 2 aromatic carbocycles.